The first kappa shape index (κ1) is 17.0. The minimum absolute atomic E-state index is 0.0862. The molecule has 0 N–H and O–H groups in total. The highest BCUT2D eigenvalue weighted by Gasteiger charge is 2.24. The van der Waals surface area contributed by atoms with Crippen LogP contribution in [0.3, 0.4) is 0 Å². The summed E-state index contributed by atoms with van der Waals surface area (Å²) in [6.45, 7) is 0.719. The van der Waals surface area contributed by atoms with Gasteiger partial charge in [0.2, 0.25) is 10.0 Å². The quantitative estimate of drug-likeness (QED) is 0.713. The molecule has 4 nitrogen and oxygen atoms in total. The van der Waals surface area contributed by atoms with Crippen molar-refractivity contribution >= 4 is 44.8 Å². The van der Waals surface area contributed by atoms with Crippen LogP contribution in [0.2, 0.25) is 10.0 Å². The lowest BCUT2D eigenvalue weighted by atomic mass is 10.4. The van der Waals surface area contributed by atoms with E-state index in [1.165, 1.54) is 29.6 Å². The van der Waals surface area contributed by atoms with Crippen LogP contribution in [0.1, 0.15) is 0 Å². The van der Waals surface area contributed by atoms with Gasteiger partial charge >= 0.3 is 0 Å². The third-order valence-electron chi connectivity index (χ3n) is 2.41. The summed E-state index contributed by atoms with van der Waals surface area (Å²) in [5.41, 5.74) is 0. The zero-order valence-electron chi connectivity index (χ0n) is 10.3. The van der Waals surface area contributed by atoms with Gasteiger partial charge in [0, 0.05) is 26.1 Å². The zero-order valence-corrected chi connectivity index (χ0v) is 13.4. The number of benzene rings is 1. The van der Waals surface area contributed by atoms with Crippen molar-refractivity contribution in [3.63, 3.8) is 0 Å². The topological polar surface area (TPSA) is 46.6 Å². The molecular formula is C11H14Cl3NO3S. The Bertz CT molecular complexity index is 522. The first-order chi connectivity index (χ1) is 8.93. The molecule has 1 aromatic carbocycles. The fourth-order valence-electron chi connectivity index (χ4n) is 1.43. The van der Waals surface area contributed by atoms with Gasteiger partial charge in [-0.15, -0.1) is 11.6 Å². The summed E-state index contributed by atoms with van der Waals surface area (Å²) in [7, 11) is -2.14. The molecule has 0 radical (unpaired) electrons. The Morgan fingerprint density at radius 1 is 1.21 bits per heavy atom. The Morgan fingerprint density at radius 2 is 1.89 bits per heavy atom. The largest absolute Gasteiger partial charge is 0.383 e. The van der Waals surface area contributed by atoms with Crippen molar-refractivity contribution in [3.05, 3.63) is 28.2 Å². The number of rotatable bonds is 7. The van der Waals surface area contributed by atoms with Gasteiger partial charge in [-0.2, -0.15) is 4.31 Å². The Hall–Kier alpha value is -0.0400. The van der Waals surface area contributed by atoms with Crippen LogP contribution >= 0.6 is 34.8 Å². The fraction of sp³-hybridized carbons (Fsp3) is 0.455. The normalized spacial score (nSPS) is 12.1. The van der Waals surface area contributed by atoms with Crippen molar-refractivity contribution < 1.29 is 13.2 Å². The van der Waals surface area contributed by atoms with Crippen LogP contribution in [0.5, 0.6) is 0 Å². The highest BCUT2D eigenvalue weighted by molar-refractivity contribution is 7.89. The van der Waals surface area contributed by atoms with Crippen molar-refractivity contribution in [2.45, 2.75) is 4.90 Å². The minimum Gasteiger partial charge on any atom is -0.383 e. The molecular weight excluding hydrogens is 333 g/mol. The monoisotopic (exact) mass is 345 g/mol. The summed E-state index contributed by atoms with van der Waals surface area (Å²) in [6.07, 6.45) is 0. The molecule has 0 aliphatic heterocycles. The van der Waals surface area contributed by atoms with Gasteiger partial charge in [0.15, 0.2) is 0 Å². The molecule has 0 fully saturated rings. The van der Waals surface area contributed by atoms with Crippen LogP contribution in [0.4, 0.5) is 0 Å². The second-order valence-electron chi connectivity index (χ2n) is 3.66. The Kier molecular flexibility index (Phi) is 6.86. The Morgan fingerprint density at radius 3 is 2.42 bits per heavy atom. The third-order valence-corrected chi connectivity index (χ3v) is 5.21. The second kappa shape index (κ2) is 7.67. The molecule has 0 heterocycles. The van der Waals surface area contributed by atoms with E-state index >= 15 is 0 Å². The van der Waals surface area contributed by atoms with Crippen LogP contribution in [0.15, 0.2) is 23.1 Å². The van der Waals surface area contributed by atoms with E-state index in [1.54, 1.807) is 0 Å². The first-order valence-corrected chi connectivity index (χ1v) is 8.16. The number of hydrogen-bond donors (Lipinski definition) is 0. The van der Waals surface area contributed by atoms with Crippen LogP contribution in [0, 0.1) is 0 Å². The molecule has 108 valence electrons. The van der Waals surface area contributed by atoms with E-state index in [1.807, 2.05) is 0 Å². The van der Waals surface area contributed by atoms with Gasteiger partial charge in [-0.25, -0.2) is 8.42 Å². The number of ether oxygens (including phenoxy) is 1. The third kappa shape index (κ3) is 4.48. The number of alkyl halides is 1. The highest BCUT2D eigenvalue weighted by Crippen LogP contribution is 2.26. The zero-order chi connectivity index (χ0) is 14.5. The Balaban J connectivity index is 3.07. The summed E-state index contributed by atoms with van der Waals surface area (Å²) in [5.74, 6) is 0.199. The predicted molar refractivity (Wildman–Crippen MR) is 77.8 cm³/mol. The maximum Gasteiger partial charge on any atom is 0.243 e. The molecule has 19 heavy (non-hydrogen) atoms. The number of sulfonamides is 1. The smallest absolute Gasteiger partial charge is 0.243 e. The summed E-state index contributed by atoms with van der Waals surface area (Å²) >= 11 is 17.2. The predicted octanol–water partition coefficient (Wildman–Crippen LogP) is 2.87. The molecule has 1 rings (SSSR count). The number of methoxy groups -OCH3 is 1. The molecule has 1 aromatic rings. The van der Waals surface area contributed by atoms with Crippen LogP contribution in [-0.4, -0.2) is 45.4 Å². The summed E-state index contributed by atoms with van der Waals surface area (Å²) in [4.78, 5) is 0.0862. The molecule has 0 spiro atoms. The van der Waals surface area contributed by atoms with Crippen LogP contribution in [0.25, 0.3) is 0 Å². The van der Waals surface area contributed by atoms with Gasteiger partial charge in [0.25, 0.3) is 0 Å². The molecule has 0 aliphatic carbocycles. The van der Waals surface area contributed by atoms with Crippen molar-refractivity contribution in [1.82, 2.24) is 4.31 Å². The molecule has 0 unspecified atom stereocenters. The lowest BCUT2D eigenvalue weighted by Crippen LogP contribution is -2.35. The van der Waals surface area contributed by atoms with E-state index in [2.05, 4.69) is 0 Å². The number of halogens is 3. The molecule has 8 heteroatoms. The van der Waals surface area contributed by atoms with Crippen molar-refractivity contribution in [3.8, 4) is 0 Å². The summed E-state index contributed by atoms with van der Waals surface area (Å²) in [6, 6.07) is 4.19. The SMILES string of the molecule is COCCN(CCCl)S(=O)(=O)c1ccc(Cl)c(Cl)c1. The second-order valence-corrected chi connectivity index (χ2v) is 6.79. The summed E-state index contributed by atoms with van der Waals surface area (Å²) in [5, 5.41) is 0.502. The maximum atomic E-state index is 12.4. The van der Waals surface area contributed by atoms with Gasteiger partial charge in [0.1, 0.15) is 0 Å². The maximum absolute atomic E-state index is 12.4. The fourth-order valence-corrected chi connectivity index (χ4v) is 3.54. The molecule has 0 saturated carbocycles. The van der Waals surface area contributed by atoms with Crippen molar-refractivity contribution in [1.29, 1.82) is 0 Å². The van der Waals surface area contributed by atoms with E-state index in [-0.39, 0.29) is 35.5 Å². The average Bonchev–Trinajstić information content (AvgIpc) is 2.37. The van der Waals surface area contributed by atoms with E-state index in [0.717, 1.165) is 0 Å². The van der Waals surface area contributed by atoms with E-state index in [9.17, 15) is 8.42 Å². The molecule has 0 aliphatic rings. The lowest BCUT2D eigenvalue weighted by molar-refractivity contribution is 0.180. The van der Waals surface area contributed by atoms with Crippen LogP contribution in [-0.2, 0) is 14.8 Å². The number of hydrogen-bond acceptors (Lipinski definition) is 3. The molecule has 0 bridgehead atoms. The van der Waals surface area contributed by atoms with Gasteiger partial charge in [-0.05, 0) is 18.2 Å². The van der Waals surface area contributed by atoms with Crippen LogP contribution < -0.4 is 0 Å². The lowest BCUT2D eigenvalue weighted by Gasteiger charge is -2.21. The van der Waals surface area contributed by atoms with Gasteiger partial charge < -0.3 is 4.74 Å². The highest BCUT2D eigenvalue weighted by atomic mass is 35.5. The van der Waals surface area contributed by atoms with Gasteiger partial charge in [0.05, 0.1) is 21.5 Å². The summed E-state index contributed by atoms with van der Waals surface area (Å²) < 4.78 is 31.0. The molecule has 0 aromatic heterocycles. The van der Waals surface area contributed by atoms with E-state index < -0.39 is 10.0 Å². The Labute approximate surface area is 128 Å². The van der Waals surface area contributed by atoms with E-state index in [4.69, 9.17) is 39.5 Å². The molecule has 0 saturated heterocycles. The standard InChI is InChI=1S/C11H14Cl3NO3S/c1-18-7-6-15(5-4-12)19(16,17)9-2-3-10(13)11(14)8-9/h2-3,8H,4-7H2,1H3. The van der Waals surface area contributed by atoms with Crippen molar-refractivity contribution in [2.24, 2.45) is 0 Å². The molecule has 0 amide bonds. The van der Waals surface area contributed by atoms with Gasteiger partial charge in [-0.1, -0.05) is 23.2 Å². The number of nitrogens with zero attached hydrogens (tertiary/aromatic N) is 1. The molecule has 0 atom stereocenters. The first-order valence-electron chi connectivity index (χ1n) is 5.43. The van der Waals surface area contributed by atoms with Gasteiger partial charge in [-0.3, -0.25) is 0 Å². The van der Waals surface area contributed by atoms with E-state index in [0.29, 0.717) is 5.02 Å². The average molecular weight is 347 g/mol. The van der Waals surface area contributed by atoms with Crippen molar-refractivity contribution in [2.75, 3.05) is 32.7 Å². The minimum atomic E-state index is -3.65.